The summed E-state index contributed by atoms with van der Waals surface area (Å²) in [6, 6.07) is 12.2. The molecule has 1 heterocycles. The Labute approximate surface area is 149 Å². The van der Waals surface area contributed by atoms with Gasteiger partial charge in [-0.3, -0.25) is 0 Å². The van der Waals surface area contributed by atoms with Gasteiger partial charge < -0.3 is 9.47 Å². The van der Waals surface area contributed by atoms with E-state index in [2.05, 4.69) is 4.99 Å². The highest BCUT2D eigenvalue weighted by molar-refractivity contribution is 6.37. The van der Waals surface area contributed by atoms with Gasteiger partial charge >= 0.3 is 5.97 Å². The molecule has 24 heavy (non-hydrogen) atoms. The highest BCUT2D eigenvalue weighted by Gasteiger charge is 2.25. The van der Waals surface area contributed by atoms with E-state index in [1.54, 1.807) is 24.3 Å². The van der Waals surface area contributed by atoms with Crippen molar-refractivity contribution in [3.05, 3.63) is 69.3 Å². The second-order valence-corrected chi connectivity index (χ2v) is 5.81. The summed E-state index contributed by atoms with van der Waals surface area (Å²) in [5, 5.41) is 0.871. The molecule has 122 valence electrons. The molecule has 0 atom stereocenters. The Morgan fingerprint density at radius 2 is 1.92 bits per heavy atom. The lowest BCUT2D eigenvalue weighted by molar-refractivity contribution is -0.129. The fraction of sp³-hybridized carbons (Fsp3) is 0.111. The molecule has 0 spiro atoms. The van der Waals surface area contributed by atoms with Crippen LogP contribution in [0.2, 0.25) is 10.0 Å². The third-order valence-electron chi connectivity index (χ3n) is 3.28. The molecule has 0 aliphatic carbocycles. The van der Waals surface area contributed by atoms with Gasteiger partial charge in [0, 0.05) is 5.02 Å². The summed E-state index contributed by atoms with van der Waals surface area (Å²) in [5.74, 6) is 0.412. The van der Waals surface area contributed by atoms with Gasteiger partial charge in [-0.2, -0.15) is 0 Å². The van der Waals surface area contributed by atoms with Crippen molar-refractivity contribution in [2.24, 2.45) is 4.99 Å². The molecule has 0 amide bonds. The summed E-state index contributed by atoms with van der Waals surface area (Å²) in [6.07, 6.45) is 1.65. The van der Waals surface area contributed by atoms with Gasteiger partial charge in [0.1, 0.15) is 5.75 Å². The predicted octanol–water partition coefficient (Wildman–Crippen LogP) is 4.74. The monoisotopic (exact) mass is 361 g/mol. The number of halogens is 2. The fourth-order valence-corrected chi connectivity index (χ4v) is 2.66. The summed E-state index contributed by atoms with van der Waals surface area (Å²) in [6.45, 7) is 2.52. The van der Waals surface area contributed by atoms with Crippen molar-refractivity contribution in [3.8, 4) is 5.75 Å². The number of aliphatic imine (C=N–C) groups is 1. The quantitative estimate of drug-likeness (QED) is 0.583. The van der Waals surface area contributed by atoms with Crippen LogP contribution in [0.1, 0.15) is 18.1 Å². The van der Waals surface area contributed by atoms with Gasteiger partial charge in [-0.25, -0.2) is 9.79 Å². The minimum atomic E-state index is -0.523. The van der Waals surface area contributed by atoms with Crippen molar-refractivity contribution >= 4 is 41.1 Å². The van der Waals surface area contributed by atoms with E-state index in [1.807, 2.05) is 31.2 Å². The van der Waals surface area contributed by atoms with Crippen molar-refractivity contribution in [2.45, 2.75) is 6.92 Å². The number of nitrogens with zero attached hydrogens (tertiary/aromatic N) is 1. The zero-order chi connectivity index (χ0) is 17.1. The van der Waals surface area contributed by atoms with Crippen LogP contribution in [-0.4, -0.2) is 18.5 Å². The number of carbonyl (C=O) groups excluding carboxylic acids is 1. The summed E-state index contributed by atoms with van der Waals surface area (Å²) in [5.41, 5.74) is 1.54. The maximum Gasteiger partial charge on any atom is 0.363 e. The molecule has 2 aromatic carbocycles. The number of hydrogen-bond donors (Lipinski definition) is 0. The molecule has 3 rings (SSSR count). The Kier molecular flexibility index (Phi) is 4.88. The van der Waals surface area contributed by atoms with Crippen LogP contribution >= 0.6 is 23.2 Å². The maximum atomic E-state index is 12.0. The Morgan fingerprint density at radius 1 is 1.17 bits per heavy atom. The number of hydrogen-bond acceptors (Lipinski definition) is 4. The highest BCUT2D eigenvalue weighted by atomic mass is 35.5. The van der Waals surface area contributed by atoms with Crippen LogP contribution < -0.4 is 4.74 Å². The average molecular weight is 362 g/mol. The summed E-state index contributed by atoms with van der Waals surface area (Å²) in [7, 11) is 0. The summed E-state index contributed by atoms with van der Waals surface area (Å²) < 4.78 is 10.6. The maximum absolute atomic E-state index is 12.0. The summed E-state index contributed by atoms with van der Waals surface area (Å²) in [4.78, 5) is 16.2. The third kappa shape index (κ3) is 3.61. The average Bonchev–Trinajstić information content (AvgIpc) is 2.90. The minimum absolute atomic E-state index is 0.166. The second-order valence-electron chi connectivity index (χ2n) is 4.96. The largest absolute Gasteiger partial charge is 0.494 e. The van der Waals surface area contributed by atoms with E-state index in [-0.39, 0.29) is 11.6 Å². The van der Waals surface area contributed by atoms with Gasteiger partial charge in [0.15, 0.2) is 5.70 Å². The zero-order valence-corrected chi connectivity index (χ0v) is 14.3. The van der Waals surface area contributed by atoms with Crippen molar-refractivity contribution in [1.29, 1.82) is 0 Å². The number of rotatable bonds is 4. The number of carbonyl (C=O) groups is 1. The lowest BCUT2D eigenvalue weighted by Gasteiger charge is -2.02. The molecule has 0 saturated carbocycles. The molecule has 0 N–H and O–H groups in total. The van der Waals surface area contributed by atoms with E-state index in [1.165, 1.54) is 0 Å². The Balaban J connectivity index is 1.88. The van der Waals surface area contributed by atoms with Gasteiger partial charge in [0.2, 0.25) is 5.90 Å². The Morgan fingerprint density at radius 3 is 2.58 bits per heavy atom. The van der Waals surface area contributed by atoms with Crippen LogP contribution in [-0.2, 0) is 9.53 Å². The van der Waals surface area contributed by atoms with Crippen LogP contribution in [0.25, 0.3) is 6.08 Å². The fourth-order valence-electron chi connectivity index (χ4n) is 2.17. The van der Waals surface area contributed by atoms with E-state index in [4.69, 9.17) is 32.7 Å². The number of ether oxygens (including phenoxy) is 2. The van der Waals surface area contributed by atoms with E-state index in [0.29, 0.717) is 22.2 Å². The smallest absolute Gasteiger partial charge is 0.363 e. The topological polar surface area (TPSA) is 47.9 Å². The molecule has 1 aliphatic rings. The van der Waals surface area contributed by atoms with Gasteiger partial charge in [-0.05, 0) is 48.9 Å². The van der Waals surface area contributed by atoms with Gasteiger partial charge in [-0.1, -0.05) is 35.3 Å². The van der Waals surface area contributed by atoms with Crippen molar-refractivity contribution in [2.75, 3.05) is 6.61 Å². The van der Waals surface area contributed by atoms with Gasteiger partial charge in [0.05, 0.1) is 17.2 Å². The predicted molar refractivity (Wildman–Crippen MR) is 94.7 cm³/mol. The first kappa shape index (κ1) is 16.6. The summed E-state index contributed by atoms with van der Waals surface area (Å²) >= 11 is 12.0. The Bertz CT molecular complexity index is 842. The van der Waals surface area contributed by atoms with Crippen molar-refractivity contribution in [1.82, 2.24) is 0 Å². The van der Waals surface area contributed by atoms with E-state index >= 15 is 0 Å². The zero-order valence-electron chi connectivity index (χ0n) is 12.8. The molecule has 1 aliphatic heterocycles. The van der Waals surface area contributed by atoms with Crippen LogP contribution in [0.3, 0.4) is 0 Å². The first-order valence-electron chi connectivity index (χ1n) is 7.27. The van der Waals surface area contributed by atoms with E-state index in [0.717, 1.165) is 11.3 Å². The molecule has 6 heteroatoms. The molecular weight excluding hydrogens is 349 g/mol. The van der Waals surface area contributed by atoms with Crippen LogP contribution in [0.5, 0.6) is 5.75 Å². The molecule has 0 radical (unpaired) electrons. The van der Waals surface area contributed by atoms with Crippen molar-refractivity contribution in [3.63, 3.8) is 0 Å². The molecule has 0 aromatic heterocycles. The third-order valence-corrected chi connectivity index (χ3v) is 3.82. The first-order valence-corrected chi connectivity index (χ1v) is 8.03. The van der Waals surface area contributed by atoms with E-state index in [9.17, 15) is 4.79 Å². The lowest BCUT2D eigenvalue weighted by Crippen LogP contribution is -2.05. The van der Waals surface area contributed by atoms with Gasteiger partial charge in [0.25, 0.3) is 0 Å². The molecular formula is C18H13Cl2NO3. The number of esters is 1. The van der Waals surface area contributed by atoms with Crippen molar-refractivity contribution < 1.29 is 14.3 Å². The highest BCUT2D eigenvalue weighted by Crippen LogP contribution is 2.26. The Hall–Kier alpha value is -2.30. The molecule has 0 saturated heterocycles. The lowest BCUT2D eigenvalue weighted by atomic mass is 10.2. The molecule has 2 aromatic rings. The molecule has 0 unspecified atom stereocenters. The molecule has 4 nitrogen and oxygen atoms in total. The number of cyclic esters (lactones) is 1. The van der Waals surface area contributed by atoms with Crippen LogP contribution in [0.4, 0.5) is 0 Å². The molecule has 0 bridgehead atoms. The van der Waals surface area contributed by atoms with Crippen LogP contribution in [0.15, 0.2) is 53.2 Å². The normalized spacial score (nSPS) is 15.4. The van der Waals surface area contributed by atoms with Crippen LogP contribution in [0, 0.1) is 0 Å². The SMILES string of the molecule is CCOc1ccc(/C=C2\N=C(c3ccc(Cl)cc3Cl)OC2=O)cc1. The number of benzene rings is 2. The second kappa shape index (κ2) is 7.07. The first-order chi connectivity index (χ1) is 11.6. The van der Waals surface area contributed by atoms with E-state index < -0.39 is 5.97 Å². The minimum Gasteiger partial charge on any atom is -0.494 e. The standard InChI is InChI=1S/C18H13Cl2NO3/c1-2-23-13-6-3-11(4-7-13)9-16-18(22)24-17(21-16)14-8-5-12(19)10-15(14)20/h3-10H,2H2,1H3/b16-9-. The molecule has 0 fully saturated rings. The van der Waals surface area contributed by atoms with Gasteiger partial charge in [-0.15, -0.1) is 0 Å².